The predicted molar refractivity (Wildman–Crippen MR) is 104 cm³/mol. The van der Waals surface area contributed by atoms with Gasteiger partial charge < -0.3 is 5.32 Å². The summed E-state index contributed by atoms with van der Waals surface area (Å²) in [7, 11) is 0. The summed E-state index contributed by atoms with van der Waals surface area (Å²) in [5, 5.41) is 3.63. The van der Waals surface area contributed by atoms with Crippen LogP contribution in [0.5, 0.6) is 0 Å². The number of aryl methyl sites for hydroxylation is 3. The molecule has 0 aliphatic rings. The molecule has 5 heteroatoms. The third kappa shape index (κ3) is 3.17. The second-order valence-corrected chi connectivity index (χ2v) is 7.52. The number of pyridine rings is 1. The van der Waals surface area contributed by atoms with Crippen LogP contribution in [-0.2, 0) is 6.42 Å². The van der Waals surface area contributed by atoms with Crippen molar-refractivity contribution in [3.05, 3.63) is 56.2 Å². The first-order valence-corrected chi connectivity index (χ1v) is 9.29. The SMILES string of the molecule is CCCc1nc2c(Br)cc(Br)cn2c1Nc1c(C)cccc1C. The van der Waals surface area contributed by atoms with E-state index in [1.54, 1.807) is 0 Å². The van der Waals surface area contributed by atoms with Crippen molar-refractivity contribution >= 4 is 49.0 Å². The van der Waals surface area contributed by atoms with Crippen molar-refractivity contribution in [2.24, 2.45) is 0 Å². The zero-order valence-electron chi connectivity index (χ0n) is 13.5. The Kier molecular flexibility index (Phi) is 4.78. The first-order valence-electron chi connectivity index (χ1n) is 7.70. The van der Waals surface area contributed by atoms with Gasteiger partial charge in [0.2, 0.25) is 0 Å². The van der Waals surface area contributed by atoms with Crippen molar-refractivity contribution < 1.29 is 0 Å². The molecule has 0 saturated carbocycles. The van der Waals surface area contributed by atoms with Crippen molar-refractivity contribution in [2.75, 3.05) is 5.32 Å². The maximum atomic E-state index is 4.83. The van der Waals surface area contributed by atoms with Gasteiger partial charge in [-0.25, -0.2) is 4.98 Å². The summed E-state index contributed by atoms with van der Waals surface area (Å²) in [6, 6.07) is 8.37. The second-order valence-electron chi connectivity index (χ2n) is 5.75. The quantitative estimate of drug-likeness (QED) is 0.529. The van der Waals surface area contributed by atoms with Crippen molar-refractivity contribution in [2.45, 2.75) is 33.6 Å². The number of nitrogens with zero attached hydrogens (tertiary/aromatic N) is 2. The number of rotatable bonds is 4. The highest BCUT2D eigenvalue weighted by molar-refractivity contribution is 9.11. The zero-order valence-corrected chi connectivity index (χ0v) is 16.6. The number of benzene rings is 1. The Morgan fingerprint density at radius 1 is 1.17 bits per heavy atom. The fourth-order valence-electron chi connectivity index (χ4n) is 2.79. The third-order valence-corrected chi connectivity index (χ3v) is 4.94. The van der Waals surface area contributed by atoms with Gasteiger partial charge in [0.15, 0.2) is 5.65 Å². The molecule has 0 saturated heterocycles. The smallest absolute Gasteiger partial charge is 0.153 e. The second kappa shape index (κ2) is 6.65. The van der Waals surface area contributed by atoms with E-state index in [0.29, 0.717) is 0 Å². The van der Waals surface area contributed by atoms with E-state index in [-0.39, 0.29) is 0 Å². The molecule has 0 spiro atoms. The van der Waals surface area contributed by atoms with Gasteiger partial charge in [-0.1, -0.05) is 31.5 Å². The van der Waals surface area contributed by atoms with Crippen molar-refractivity contribution in [1.29, 1.82) is 0 Å². The van der Waals surface area contributed by atoms with E-state index in [1.165, 1.54) is 11.1 Å². The fourth-order valence-corrected chi connectivity index (χ4v) is 4.06. The number of fused-ring (bicyclic) bond motifs is 1. The van der Waals surface area contributed by atoms with E-state index in [9.17, 15) is 0 Å². The summed E-state index contributed by atoms with van der Waals surface area (Å²) in [5.74, 6) is 1.04. The molecule has 0 unspecified atom stereocenters. The molecule has 0 aliphatic heterocycles. The van der Waals surface area contributed by atoms with Gasteiger partial charge in [-0.2, -0.15) is 0 Å². The van der Waals surface area contributed by atoms with Crippen LogP contribution < -0.4 is 5.32 Å². The molecule has 120 valence electrons. The van der Waals surface area contributed by atoms with Crippen LogP contribution in [0.1, 0.15) is 30.2 Å². The molecule has 3 nitrogen and oxygen atoms in total. The minimum Gasteiger partial charge on any atom is -0.339 e. The lowest BCUT2D eigenvalue weighted by Gasteiger charge is -2.14. The fraction of sp³-hybridized carbons (Fsp3) is 0.278. The first-order chi connectivity index (χ1) is 11.0. The average Bonchev–Trinajstić information content (AvgIpc) is 2.82. The highest BCUT2D eigenvalue weighted by atomic mass is 79.9. The Balaban J connectivity index is 2.20. The number of halogens is 2. The van der Waals surface area contributed by atoms with Gasteiger partial charge in [0.1, 0.15) is 5.82 Å². The largest absolute Gasteiger partial charge is 0.339 e. The molecule has 0 fully saturated rings. The molecule has 0 aliphatic carbocycles. The number of aromatic nitrogens is 2. The Labute approximate surface area is 153 Å². The summed E-state index contributed by atoms with van der Waals surface area (Å²) >= 11 is 7.19. The first kappa shape index (κ1) is 16.5. The van der Waals surface area contributed by atoms with Gasteiger partial charge in [0.25, 0.3) is 0 Å². The van der Waals surface area contributed by atoms with Crippen molar-refractivity contribution in [3.8, 4) is 0 Å². The molecular weight excluding hydrogens is 418 g/mol. The average molecular weight is 437 g/mol. The van der Waals surface area contributed by atoms with Gasteiger partial charge in [0.05, 0.1) is 10.2 Å². The van der Waals surface area contributed by atoms with Crippen LogP contribution in [0.4, 0.5) is 11.5 Å². The summed E-state index contributed by atoms with van der Waals surface area (Å²) < 4.78 is 4.12. The molecule has 1 N–H and O–H groups in total. The van der Waals surface area contributed by atoms with Crippen LogP contribution >= 0.6 is 31.9 Å². The number of hydrogen-bond acceptors (Lipinski definition) is 2. The number of hydrogen-bond donors (Lipinski definition) is 1. The molecule has 0 atom stereocenters. The zero-order chi connectivity index (χ0) is 16.6. The van der Waals surface area contributed by atoms with Crippen LogP contribution in [0.15, 0.2) is 39.4 Å². The predicted octanol–water partition coefficient (Wildman–Crippen LogP) is 6.17. The lowest BCUT2D eigenvalue weighted by atomic mass is 10.1. The molecule has 1 aromatic carbocycles. The Hall–Kier alpha value is -1.33. The van der Waals surface area contributed by atoms with Crippen LogP contribution in [-0.4, -0.2) is 9.38 Å². The molecule has 0 amide bonds. The molecule has 23 heavy (non-hydrogen) atoms. The maximum Gasteiger partial charge on any atom is 0.153 e. The van der Waals surface area contributed by atoms with Crippen molar-refractivity contribution in [3.63, 3.8) is 0 Å². The monoisotopic (exact) mass is 435 g/mol. The minimum absolute atomic E-state index is 0.936. The summed E-state index contributed by atoms with van der Waals surface area (Å²) in [5.41, 5.74) is 5.65. The topological polar surface area (TPSA) is 29.3 Å². The Bertz CT molecular complexity index is 848. The number of imidazole rings is 1. The van der Waals surface area contributed by atoms with Gasteiger partial charge in [-0.05, 0) is 69.3 Å². The summed E-state index contributed by atoms with van der Waals surface area (Å²) in [6.07, 6.45) is 4.06. The highest BCUT2D eigenvalue weighted by Crippen LogP contribution is 2.32. The molecular formula is C18H19Br2N3. The van der Waals surface area contributed by atoms with E-state index in [4.69, 9.17) is 4.98 Å². The normalized spacial score (nSPS) is 11.2. The van der Waals surface area contributed by atoms with E-state index in [2.05, 4.69) is 86.7 Å². The highest BCUT2D eigenvalue weighted by Gasteiger charge is 2.16. The van der Waals surface area contributed by atoms with E-state index >= 15 is 0 Å². The van der Waals surface area contributed by atoms with Crippen LogP contribution in [0.3, 0.4) is 0 Å². The van der Waals surface area contributed by atoms with Gasteiger partial charge in [-0.15, -0.1) is 0 Å². The van der Waals surface area contributed by atoms with Crippen LogP contribution in [0.25, 0.3) is 5.65 Å². The maximum absolute atomic E-state index is 4.83. The summed E-state index contributed by atoms with van der Waals surface area (Å²) in [4.78, 5) is 4.83. The Morgan fingerprint density at radius 2 is 1.87 bits per heavy atom. The van der Waals surface area contributed by atoms with Crippen LogP contribution in [0, 0.1) is 13.8 Å². The van der Waals surface area contributed by atoms with Gasteiger partial charge in [-0.3, -0.25) is 4.40 Å². The third-order valence-electron chi connectivity index (χ3n) is 3.93. The minimum atomic E-state index is 0.936. The van der Waals surface area contributed by atoms with Gasteiger partial charge >= 0.3 is 0 Å². The molecule has 0 radical (unpaired) electrons. The van der Waals surface area contributed by atoms with Crippen LogP contribution in [0.2, 0.25) is 0 Å². The summed E-state index contributed by atoms with van der Waals surface area (Å²) in [6.45, 7) is 6.44. The molecule has 2 aromatic heterocycles. The van der Waals surface area contributed by atoms with E-state index in [0.717, 1.165) is 44.6 Å². The van der Waals surface area contributed by atoms with E-state index in [1.807, 2.05) is 6.07 Å². The van der Waals surface area contributed by atoms with E-state index < -0.39 is 0 Å². The molecule has 3 rings (SSSR count). The molecule has 3 aromatic rings. The number of para-hydroxylation sites is 1. The van der Waals surface area contributed by atoms with Gasteiger partial charge in [0, 0.05) is 16.4 Å². The lowest BCUT2D eigenvalue weighted by molar-refractivity contribution is 0.896. The number of nitrogens with one attached hydrogen (secondary N) is 1. The lowest BCUT2D eigenvalue weighted by Crippen LogP contribution is -2.02. The number of anilines is 2. The molecule has 0 bridgehead atoms. The Morgan fingerprint density at radius 3 is 2.52 bits per heavy atom. The van der Waals surface area contributed by atoms with Crippen molar-refractivity contribution in [1.82, 2.24) is 9.38 Å². The standard InChI is InChI=1S/C18H19Br2N3/c1-4-6-15-18(22-16-11(2)7-5-8-12(16)3)23-10-13(19)9-14(20)17(23)21-15/h5,7-10,22H,4,6H2,1-3H3. The molecule has 2 heterocycles.